The summed E-state index contributed by atoms with van der Waals surface area (Å²) in [5.41, 5.74) is 4.43. The van der Waals surface area contributed by atoms with E-state index in [0.717, 1.165) is 30.0 Å². The van der Waals surface area contributed by atoms with Crippen LogP contribution in [0.25, 0.3) is 0 Å². The number of nitrogens with one attached hydrogen (secondary N) is 2. The second-order valence-electron chi connectivity index (χ2n) is 6.52. The largest absolute Gasteiger partial charge is 0.497 e. The van der Waals surface area contributed by atoms with Crippen LogP contribution >= 0.6 is 0 Å². The Morgan fingerprint density at radius 1 is 1.12 bits per heavy atom. The van der Waals surface area contributed by atoms with Gasteiger partial charge < -0.3 is 15.4 Å². The molecule has 0 heterocycles. The molecule has 0 aliphatic rings. The fourth-order valence-corrected chi connectivity index (χ4v) is 2.75. The minimum atomic E-state index is -0.00840. The molecule has 2 rings (SSSR count). The van der Waals surface area contributed by atoms with Gasteiger partial charge in [0.25, 0.3) is 0 Å². The van der Waals surface area contributed by atoms with Crippen LogP contribution in [0.1, 0.15) is 36.5 Å². The molecule has 2 aromatic carbocycles. The molecule has 0 fully saturated rings. The standard InChI is InChI=1S/C21H28N2O2/c1-15(2)19-7-5-6-16(3)21(19)23-20(24)14-22-13-12-17-8-10-18(25-4)11-9-17/h5-11,15,22H,12-14H2,1-4H3,(H,23,24). The van der Waals surface area contributed by atoms with Gasteiger partial charge in [-0.15, -0.1) is 0 Å². The van der Waals surface area contributed by atoms with E-state index in [1.807, 2.05) is 43.3 Å². The number of methoxy groups -OCH3 is 1. The first kappa shape index (κ1) is 19.0. The Balaban J connectivity index is 1.81. The Bertz CT molecular complexity index is 694. The summed E-state index contributed by atoms with van der Waals surface area (Å²) in [4.78, 5) is 12.2. The van der Waals surface area contributed by atoms with E-state index in [9.17, 15) is 4.79 Å². The van der Waals surface area contributed by atoms with Crippen LogP contribution in [0.5, 0.6) is 5.75 Å². The molecule has 0 radical (unpaired) electrons. The van der Waals surface area contributed by atoms with Crippen molar-refractivity contribution in [2.45, 2.75) is 33.1 Å². The van der Waals surface area contributed by atoms with Crippen LogP contribution in [-0.4, -0.2) is 26.1 Å². The molecular weight excluding hydrogens is 312 g/mol. The average molecular weight is 340 g/mol. The predicted octanol–water partition coefficient (Wildman–Crippen LogP) is 3.90. The normalized spacial score (nSPS) is 10.8. The molecule has 25 heavy (non-hydrogen) atoms. The van der Waals surface area contributed by atoms with Crippen LogP contribution in [0.2, 0.25) is 0 Å². The third kappa shape index (κ3) is 5.61. The molecular formula is C21H28N2O2. The Morgan fingerprint density at radius 2 is 1.84 bits per heavy atom. The molecule has 134 valence electrons. The Kier molecular flexibility index (Phi) is 7.02. The minimum Gasteiger partial charge on any atom is -0.497 e. The summed E-state index contributed by atoms with van der Waals surface area (Å²) in [7, 11) is 1.66. The lowest BCUT2D eigenvalue weighted by molar-refractivity contribution is -0.115. The van der Waals surface area contributed by atoms with Crippen molar-refractivity contribution in [3.8, 4) is 5.75 Å². The van der Waals surface area contributed by atoms with Crippen LogP contribution in [0.15, 0.2) is 42.5 Å². The van der Waals surface area contributed by atoms with Gasteiger partial charge in [-0.2, -0.15) is 0 Å². The first-order valence-corrected chi connectivity index (χ1v) is 8.74. The van der Waals surface area contributed by atoms with Crippen molar-refractivity contribution in [3.05, 3.63) is 59.2 Å². The maximum Gasteiger partial charge on any atom is 0.238 e. The third-order valence-electron chi connectivity index (χ3n) is 4.23. The number of benzene rings is 2. The number of hydrogen-bond donors (Lipinski definition) is 2. The maximum atomic E-state index is 12.2. The second-order valence-corrected chi connectivity index (χ2v) is 6.52. The molecule has 4 nitrogen and oxygen atoms in total. The number of anilines is 1. The molecule has 0 aromatic heterocycles. The van der Waals surface area contributed by atoms with Crippen LogP contribution in [0, 0.1) is 6.92 Å². The summed E-state index contributed by atoms with van der Waals surface area (Å²) in [6, 6.07) is 14.1. The number of hydrogen-bond acceptors (Lipinski definition) is 3. The van der Waals surface area contributed by atoms with Crippen molar-refractivity contribution >= 4 is 11.6 Å². The smallest absolute Gasteiger partial charge is 0.238 e. The number of aryl methyl sites for hydroxylation is 1. The van der Waals surface area contributed by atoms with Gasteiger partial charge in [0.1, 0.15) is 5.75 Å². The number of carbonyl (C=O) groups excluding carboxylic acids is 1. The zero-order valence-corrected chi connectivity index (χ0v) is 15.6. The minimum absolute atomic E-state index is 0.00840. The molecule has 0 saturated carbocycles. The SMILES string of the molecule is COc1ccc(CCNCC(=O)Nc2c(C)cccc2C(C)C)cc1. The van der Waals surface area contributed by atoms with Gasteiger partial charge in [-0.1, -0.05) is 44.2 Å². The fraction of sp³-hybridized carbons (Fsp3) is 0.381. The lowest BCUT2D eigenvalue weighted by atomic mass is 9.98. The Labute approximate surface area is 150 Å². The quantitative estimate of drug-likeness (QED) is 0.717. The molecule has 0 atom stereocenters. The number of ether oxygens (including phenoxy) is 1. The first-order chi connectivity index (χ1) is 12.0. The van der Waals surface area contributed by atoms with Crippen LogP contribution in [0.3, 0.4) is 0 Å². The van der Waals surface area contributed by atoms with Crippen LogP contribution in [-0.2, 0) is 11.2 Å². The van der Waals surface area contributed by atoms with Gasteiger partial charge in [0.05, 0.1) is 13.7 Å². The van der Waals surface area contributed by atoms with Crippen LogP contribution < -0.4 is 15.4 Å². The topological polar surface area (TPSA) is 50.4 Å². The lowest BCUT2D eigenvalue weighted by Crippen LogP contribution is -2.30. The van der Waals surface area contributed by atoms with Gasteiger partial charge in [-0.25, -0.2) is 0 Å². The zero-order chi connectivity index (χ0) is 18.2. The molecule has 2 N–H and O–H groups in total. The maximum absolute atomic E-state index is 12.2. The van der Waals surface area contributed by atoms with E-state index < -0.39 is 0 Å². The van der Waals surface area contributed by atoms with Crippen molar-refractivity contribution in [2.24, 2.45) is 0 Å². The van der Waals surface area contributed by atoms with E-state index >= 15 is 0 Å². The van der Waals surface area contributed by atoms with Gasteiger partial charge in [0.15, 0.2) is 0 Å². The van der Waals surface area contributed by atoms with Crippen molar-refractivity contribution in [3.63, 3.8) is 0 Å². The van der Waals surface area contributed by atoms with Gasteiger partial charge in [0, 0.05) is 5.69 Å². The molecule has 0 saturated heterocycles. The molecule has 0 aliphatic carbocycles. The van der Waals surface area contributed by atoms with E-state index in [1.165, 1.54) is 11.1 Å². The molecule has 0 unspecified atom stereocenters. The van der Waals surface area contributed by atoms with Gasteiger partial charge in [-0.05, 0) is 54.6 Å². The predicted molar refractivity (Wildman–Crippen MR) is 103 cm³/mol. The summed E-state index contributed by atoms with van der Waals surface area (Å²) in [6.45, 7) is 7.36. The highest BCUT2D eigenvalue weighted by Gasteiger charge is 2.11. The highest BCUT2D eigenvalue weighted by molar-refractivity contribution is 5.93. The highest BCUT2D eigenvalue weighted by Crippen LogP contribution is 2.27. The highest BCUT2D eigenvalue weighted by atomic mass is 16.5. The summed E-state index contributed by atoms with van der Waals surface area (Å²) in [5, 5.41) is 6.26. The fourth-order valence-electron chi connectivity index (χ4n) is 2.75. The van der Waals surface area contributed by atoms with E-state index in [1.54, 1.807) is 7.11 Å². The number of rotatable bonds is 8. The Morgan fingerprint density at radius 3 is 2.48 bits per heavy atom. The van der Waals surface area contributed by atoms with E-state index in [2.05, 4.69) is 30.5 Å². The number of amides is 1. The number of para-hydroxylation sites is 1. The van der Waals surface area contributed by atoms with E-state index in [0.29, 0.717) is 12.5 Å². The first-order valence-electron chi connectivity index (χ1n) is 8.74. The Hall–Kier alpha value is -2.33. The van der Waals surface area contributed by atoms with E-state index in [-0.39, 0.29) is 5.91 Å². The summed E-state index contributed by atoms with van der Waals surface area (Å²) >= 11 is 0. The van der Waals surface area contributed by atoms with Crippen molar-refractivity contribution < 1.29 is 9.53 Å². The summed E-state index contributed by atoms with van der Waals surface area (Å²) in [5.74, 6) is 1.22. The zero-order valence-electron chi connectivity index (χ0n) is 15.6. The molecule has 0 bridgehead atoms. The average Bonchev–Trinajstić information content (AvgIpc) is 2.60. The summed E-state index contributed by atoms with van der Waals surface area (Å²) < 4.78 is 5.15. The molecule has 0 aliphatic heterocycles. The molecule has 0 spiro atoms. The number of carbonyl (C=O) groups is 1. The van der Waals surface area contributed by atoms with Crippen LogP contribution in [0.4, 0.5) is 5.69 Å². The third-order valence-corrected chi connectivity index (χ3v) is 4.23. The van der Waals surface area contributed by atoms with Gasteiger partial charge in [-0.3, -0.25) is 4.79 Å². The molecule has 2 aromatic rings. The van der Waals surface area contributed by atoms with Crippen molar-refractivity contribution in [1.29, 1.82) is 0 Å². The molecule has 4 heteroatoms. The molecule has 1 amide bonds. The lowest BCUT2D eigenvalue weighted by Gasteiger charge is -2.16. The monoisotopic (exact) mass is 340 g/mol. The van der Waals surface area contributed by atoms with Crippen molar-refractivity contribution in [1.82, 2.24) is 5.32 Å². The van der Waals surface area contributed by atoms with E-state index in [4.69, 9.17) is 4.74 Å². The van der Waals surface area contributed by atoms with Crippen molar-refractivity contribution in [2.75, 3.05) is 25.5 Å². The summed E-state index contributed by atoms with van der Waals surface area (Å²) in [6.07, 6.45) is 0.874. The second kappa shape index (κ2) is 9.23. The van der Waals surface area contributed by atoms with Gasteiger partial charge in [0.2, 0.25) is 5.91 Å². The van der Waals surface area contributed by atoms with Gasteiger partial charge >= 0.3 is 0 Å².